The van der Waals surface area contributed by atoms with E-state index in [1.165, 1.54) is 0 Å². The van der Waals surface area contributed by atoms with Crippen LogP contribution in [-0.4, -0.2) is 26.7 Å². The second kappa shape index (κ2) is 10.3. The van der Waals surface area contributed by atoms with Gasteiger partial charge in [0.15, 0.2) is 18.1 Å². The Morgan fingerprint density at radius 2 is 1.85 bits per heavy atom. The minimum atomic E-state index is -0.197. The molecular weight excluding hydrogens is 330 g/mol. The number of benzene rings is 2. The van der Waals surface area contributed by atoms with Crippen molar-refractivity contribution in [2.75, 3.05) is 20.8 Å². The van der Waals surface area contributed by atoms with Crippen LogP contribution in [0.1, 0.15) is 23.6 Å². The fraction of sp³-hybridized carbons (Fsp3) is 0.286. The third-order valence-corrected chi connectivity index (χ3v) is 3.80. The number of hydrogen-bond donors (Lipinski definition) is 1. The van der Waals surface area contributed by atoms with E-state index in [0.29, 0.717) is 24.7 Å². The monoisotopic (exact) mass is 355 g/mol. The third-order valence-electron chi connectivity index (χ3n) is 3.80. The molecule has 0 aromatic heterocycles. The highest BCUT2D eigenvalue weighted by Gasteiger charge is 2.09. The van der Waals surface area contributed by atoms with Gasteiger partial charge in [-0.25, -0.2) is 0 Å². The molecule has 2 rings (SSSR count). The number of rotatable bonds is 9. The fourth-order valence-corrected chi connectivity index (χ4v) is 2.51. The molecule has 2 aromatic carbocycles. The van der Waals surface area contributed by atoms with Crippen LogP contribution in [0.15, 0.2) is 48.5 Å². The normalized spacial score (nSPS) is 10.7. The summed E-state index contributed by atoms with van der Waals surface area (Å²) in [4.78, 5) is 12.1. The van der Waals surface area contributed by atoms with Crippen LogP contribution >= 0.6 is 0 Å². The van der Waals surface area contributed by atoms with Gasteiger partial charge in [-0.3, -0.25) is 4.79 Å². The first-order chi connectivity index (χ1) is 12.7. The Labute approximate surface area is 154 Å². The Morgan fingerprint density at radius 3 is 2.54 bits per heavy atom. The van der Waals surface area contributed by atoms with Crippen molar-refractivity contribution in [3.63, 3.8) is 0 Å². The van der Waals surface area contributed by atoms with E-state index in [0.717, 1.165) is 16.7 Å². The lowest BCUT2D eigenvalue weighted by Gasteiger charge is -2.13. The summed E-state index contributed by atoms with van der Waals surface area (Å²) in [6.45, 7) is 2.81. The number of carbonyl (C=O) groups excluding carboxylic acids is 1. The lowest BCUT2D eigenvalue weighted by atomic mass is 10.1. The smallest absolute Gasteiger partial charge is 0.258 e. The van der Waals surface area contributed by atoms with Crippen molar-refractivity contribution in [1.82, 2.24) is 5.32 Å². The Bertz CT molecular complexity index is 755. The van der Waals surface area contributed by atoms with Gasteiger partial charge in [0.2, 0.25) is 0 Å². The highest BCUT2D eigenvalue weighted by molar-refractivity contribution is 5.77. The molecule has 2 aromatic rings. The van der Waals surface area contributed by atoms with Crippen molar-refractivity contribution in [2.24, 2.45) is 0 Å². The molecule has 0 atom stereocenters. The molecule has 5 heteroatoms. The molecule has 0 heterocycles. The summed E-state index contributed by atoms with van der Waals surface area (Å²) in [5, 5.41) is 2.87. The zero-order valence-electron chi connectivity index (χ0n) is 15.5. The highest BCUT2D eigenvalue weighted by atomic mass is 16.5. The molecule has 0 aliphatic heterocycles. The van der Waals surface area contributed by atoms with Gasteiger partial charge in [-0.2, -0.15) is 0 Å². The number of nitrogens with one attached hydrogen (secondary N) is 1. The second-order valence-electron chi connectivity index (χ2n) is 5.68. The summed E-state index contributed by atoms with van der Waals surface area (Å²) in [6.07, 6.45) is 3.92. The largest absolute Gasteiger partial charge is 0.493 e. The number of ether oxygens (including phenoxy) is 3. The quantitative estimate of drug-likeness (QED) is 0.747. The molecular formula is C21H25NO4. The zero-order chi connectivity index (χ0) is 18.8. The molecule has 0 unspecified atom stereocenters. The third kappa shape index (κ3) is 5.63. The average Bonchev–Trinajstić information content (AvgIpc) is 2.66. The van der Waals surface area contributed by atoms with Gasteiger partial charge in [0.25, 0.3) is 5.91 Å². The summed E-state index contributed by atoms with van der Waals surface area (Å²) in [6, 6.07) is 13.4. The molecule has 0 fully saturated rings. The summed E-state index contributed by atoms with van der Waals surface area (Å²) in [5.41, 5.74) is 3.09. The molecule has 0 saturated carbocycles. The van der Waals surface area contributed by atoms with E-state index in [-0.39, 0.29) is 12.5 Å². The lowest BCUT2D eigenvalue weighted by Crippen LogP contribution is -2.28. The molecule has 0 bridgehead atoms. The predicted molar refractivity (Wildman–Crippen MR) is 102 cm³/mol. The van der Waals surface area contributed by atoms with E-state index in [2.05, 4.69) is 5.32 Å². The molecule has 0 saturated heterocycles. The molecule has 5 nitrogen and oxygen atoms in total. The van der Waals surface area contributed by atoms with Crippen LogP contribution in [0.3, 0.4) is 0 Å². The summed E-state index contributed by atoms with van der Waals surface area (Å²) in [7, 11) is 3.23. The van der Waals surface area contributed by atoms with E-state index in [1.807, 2.05) is 55.5 Å². The SMILES string of the molecule is C/C=C/c1ccc(OCC(=O)NCc2ccccc2COC)c(OC)c1. The van der Waals surface area contributed by atoms with Crippen molar-refractivity contribution in [2.45, 2.75) is 20.1 Å². The van der Waals surface area contributed by atoms with Crippen molar-refractivity contribution in [1.29, 1.82) is 0 Å². The van der Waals surface area contributed by atoms with E-state index in [1.54, 1.807) is 20.3 Å². The molecule has 0 aliphatic rings. The fourth-order valence-electron chi connectivity index (χ4n) is 2.51. The maximum atomic E-state index is 12.1. The zero-order valence-corrected chi connectivity index (χ0v) is 15.5. The number of hydrogen-bond acceptors (Lipinski definition) is 4. The number of amides is 1. The first kappa shape index (κ1) is 19.5. The van der Waals surface area contributed by atoms with E-state index in [9.17, 15) is 4.79 Å². The number of methoxy groups -OCH3 is 2. The van der Waals surface area contributed by atoms with Crippen LogP contribution in [0, 0.1) is 0 Å². The van der Waals surface area contributed by atoms with Crippen molar-refractivity contribution in [3.8, 4) is 11.5 Å². The van der Waals surface area contributed by atoms with Gasteiger partial charge in [-0.15, -0.1) is 0 Å². The second-order valence-corrected chi connectivity index (χ2v) is 5.68. The van der Waals surface area contributed by atoms with Gasteiger partial charge in [0, 0.05) is 13.7 Å². The van der Waals surface area contributed by atoms with Crippen LogP contribution in [-0.2, 0) is 22.7 Å². The van der Waals surface area contributed by atoms with E-state index >= 15 is 0 Å². The van der Waals surface area contributed by atoms with Crippen LogP contribution in [0.25, 0.3) is 6.08 Å². The molecule has 138 valence electrons. The predicted octanol–water partition coefficient (Wildman–Crippen LogP) is 3.57. The molecule has 26 heavy (non-hydrogen) atoms. The first-order valence-corrected chi connectivity index (χ1v) is 8.44. The Balaban J connectivity index is 1.91. The van der Waals surface area contributed by atoms with Crippen LogP contribution < -0.4 is 14.8 Å². The molecule has 0 radical (unpaired) electrons. The maximum Gasteiger partial charge on any atom is 0.258 e. The van der Waals surface area contributed by atoms with Gasteiger partial charge in [-0.05, 0) is 35.7 Å². The summed E-state index contributed by atoms with van der Waals surface area (Å²) < 4.78 is 16.1. The standard InChI is InChI=1S/C21H25NO4/c1-4-7-16-10-11-19(20(12-16)25-3)26-15-21(23)22-13-17-8-5-6-9-18(17)14-24-2/h4-12H,13-15H2,1-3H3,(H,22,23)/b7-4+. The van der Waals surface area contributed by atoms with Gasteiger partial charge >= 0.3 is 0 Å². The van der Waals surface area contributed by atoms with Crippen LogP contribution in [0.2, 0.25) is 0 Å². The first-order valence-electron chi connectivity index (χ1n) is 8.44. The number of carbonyl (C=O) groups is 1. The maximum absolute atomic E-state index is 12.1. The summed E-state index contributed by atoms with van der Waals surface area (Å²) >= 11 is 0. The van der Waals surface area contributed by atoms with Crippen molar-refractivity contribution >= 4 is 12.0 Å². The van der Waals surface area contributed by atoms with E-state index < -0.39 is 0 Å². The van der Waals surface area contributed by atoms with Gasteiger partial charge < -0.3 is 19.5 Å². The average molecular weight is 355 g/mol. The van der Waals surface area contributed by atoms with E-state index in [4.69, 9.17) is 14.2 Å². The highest BCUT2D eigenvalue weighted by Crippen LogP contribution is 2.28. The van der Waals surface area contributed by atoms with Crippen molar-refractivity contribution in [3.05, 3.63) is 65.2 Å². The summed E-state index contributed by atoms with van der Waals surface area (Å²) in [5.74, 6) is 0.936. The topological polar surface area (TPSA) is 56.8 Å². The van der Waals surface area contributed by atoms with Gasteiger partial charge in [0.05, 0.1) is 13.7 Å². The van der Waals surface area contributed by atoms with Crippen molar-refractivity contribution < 1.29 is 19.0 Å². The minimum Gasteiger partial charge on any atom is -0.493 e. The molecule has 0 spiro atoms. The minimum absolute atomic E-state index is 0.0776. The van der Waals surface area contributed by atoms with Crippen LogP contribution in [0.4, 0.5) is 0 Å². The van der Waals surface area contributed by atoms with Crippen LogP contribution in [0.5, 0.6) is 11.5 Å². The van der Waals surface area contributed by atoms with Gasteiger partial charge in [0.1, 0.15) is 0 Å². The van der Waals surface area contributed by atoms with Gasteiger partial charge in [-0.1, -0.05) is 42.5 Å². The lowest BCUT2D eigenvalue weighted by molar-refractivity contribution is -0.123. The molecule has 1 amide bonds. The molecule has 1 N–H and O–H groups in total. The Morgan fingerprint density at radius 1 is 1.08 bits per heavy atom. The Kier molecular flexibility index (Phi) is 7.71. The Hall–Kier alpha value is -2.79. The number of allylic oxidation sites excluding steroid dienone is 1. The molecule has 0 aliphatic carbocycles.